The number of aromatic nitrogens is 1. The van der Waals surface area contributed by atoms with Crippen molar-refractivity contribution in [3.05, 3.63) is 59.4 Å². The molecule has 0 saturated carbocycles. The zero-order chi connectivity index (χ0) is 27.3. The Morgan fingerprint density at radius 2 is 1.89 bits per heavy atom. The van der Waals surface area contributed by atoms with Crippen LogP contribution in [0.25, 0.3) is 11.3 Å². The molecule has 1 saturated heterocycles. The van der Waals surface area contributed by atoms with Crippen LogP contribution in [0, 0.1) is 11.2 Å². The summed E-state index contributed by atoms with van der Waals surface area (Å²) in [5, 5.41) is 0.279. The van der Waals surface area contributed by atoms with Crippen molar-refractivity contribution in [1.29, 1.82) is 0 Å². The lowest BCUT2D eigenvalue weighted by Crippen LogP contribution is -2.59. The minimum absolute atomic E-state index is 0.106. The molecule has 0 radical (unpaired) electrons. The van der Waals surface area contributed by atoms with E-state index in [1.165, 1.54) is 12.1 Å². The zero-order valence-electron chi connectivity index (χ0n) is 22.2. The highest BCUT2D eigenvalue weighted by molar-refractivity contribution is 7.63. The van der Waals surface area contributed by atoms with Crippen molar-refractivity contribution in [2.75, 3.05) is 31.0 Å². The Labute approximate surface area is 223 Å². The fourth-order valence-electron chi connectivity index (χ4n) is 4.86. The second-order valence-corrected chi connectivity index (χ2v) is 13.9. The monoisotopic (exact) mass is 545 g/mol. The van der Waals surface area contributed by atoms with Crippen LogP contribution in [0.2, 0.25) is 5.02 Å². The van der Waals surface area contributed by atoms with Gasteiger partial charge in [0.05, 0.1) is 16.3 Å². The summed E-state index contributed by atoms with van der Waals surface area (Å²) in [6.07, 6.45) is 1.32. The lowest BCUT2D eigenvalue weighted by atomic mass is 9.96. The molecular formula is C27H34ClFN5O2P. The Balaban J connectivity index is 1.88. The summed E-state index contributed by atoms with van der Waals surface area (Å²) < 4.78 is 35.5. The number of carbonyl (C=O) groups excluding carboxylic acids is 1. The molecule has 0 aliphatic carbocycles. The Hall–Kier alpha value is -2.70. The van der Waals surface area contributed by atoms with Gasteiger partial charge in [-0.15, -0.1) is 0 Å². The van der Waals surface area contributed by atoms with Crippen LogP contribution in [0.15, 0.2) is 47.7 Å². The van der Waals surface area contributed by atoms with Gasteiger partial charge in [-0.3, -0.25) is 14.0 Å². The molecule has 1 aromatic carbocycles. The van der Waals surface area contributed by atoms with E-state index in [4.69, 9.17) is 21.3 Å². The van der Waals surface area contributed by atoms with Gasteiger partial charge in [-0.25, -0.2) is 9.37 Å². The van der Waals surface area contributed by atoms with E-state index in [1.54, 1.807) is 40.5 Å². The second kappa shape index (κ2) is 9.88. The average molecular weight is 546 g/mol. The van der Waals surface area contributed by atoms with Gasteiger partial charge < -0.3 is 9.80 Å². The molecule has 1 aromatic heterocycles. The average Bonchev–Trinajstić information content (AvgIpc) is 2.81. The van der Waals surface area contributed by atoms with Crippen molar-refractivity contribution in [2.45, 2.75) is 46.7 Å². The molecule has 0 N–H and O–H groups in total. The Bertz CT molecular complexity index is 1320. The number of carbonyl (C=O) groups is 1. The summed E-state index contributed by atoms with van der Waals surface area (Å²) in [5.41, 5.74) is 1.000. The number of piperazine rings is 1. The van der Waals surface area contributed by atoms with Crippen molar-refractivity contribution < 1.29 is 13.8 Å². The van der Waals surface area contributed by atoms with E-state index in [9.17, 15) is 13.8 Å². The van der Waals surface area contributed by atoms with Crippen LogP contribution in [-0.2, 0) is 9.36 Å². The van der Waals surface area contributed by atoms with Gasteiger partial charge in [0.25, 0.3) is 7.44 Å². The number of anilines is 1. The normalized spacial score (nSPS) is 24.0. The third-order valence-electron chi connectivity index (χ3n) is 6.64. The lowest BCUT2D eigenvalue weighted by Gasteiger charge is -2.47. The molecule has 198 valence electrons. The number of amidine groups is 1. The minimum atomic E-state index is -3.29. The number of halogens is 2. The second-order valence-electron chi connectivity index (χ2n) is 11.1. The van der Waals surface area contributed by atoms with E-state index in [2.05, 4.69) is 32.3 Å². The van der Waals surface area contributed by atoms with Crippen molar-refractivity contribution in [3.8, 4) is 11.3 Å². The first-order valence-electron chi connectivity index (χ1n) is 12.3. The molecule has 7 nitrogen and oxygen atoms in total. The SMILES string of the molecule is C=CC(=O)N1C[C@H](C)N(C2=NP(C)(=O)N(CC(C)(C)C)c3nc(-c4ccccc4F)c(Cl)cc32)C[C@H]1C. The topological polar surface area (TPSA) is 69.1 Å². The molecule has 0 spiro atoms. The minimum Gasteiger partial charge on any atom is -0.349 e. The molecule has 2 aromatic rings. The van der Waals surface area contributed by atoms with Gasteiger partial charge in [-0.2, -0.15) is 4.76 Å². The smallest absolute Gasteiger partial charge is 0.281 e. The number of nitrogens with zero attached hydrogens (tertiary/aromatic N) is 5. The fourth-order valence-corrected chi connectivity index (χ4v) is 6.98. The Kier molecular flexibility index (Phi) is 7.30. The number of pyridine rings is 1. The highest BCUT2D eigenvalue weighted by atomic mass is 35.5. The largest absolute Gasteiger partial charge is 0.349 e. The maximum absolute atomic E-state index is 14.8. The van der Waals surface area contributed by atoms with Gasteiger partial charge in [0, 0.05) is 43.9 Å². The summed E-state index contributed by atoms with van der Waals surface area (Å²) in [7, 11) is -3.29. The van der Waals surface area contributed by atoms with E-state index in [-0.39, 0.29) is 34.0 Å². The summed E-state index contributed by atoms with van der Waals surface area (Å²) in [6.45, 7) is 16.8. The highest BCUT2D eigenvalue weighted by Gasteiger charge is 2.42. The number of hydrogen-bond donors (Lipinski definition) is 0. The van der Waals surface area contributed by atoms with E-state index in [0.717, 1.165) is 0 Å². The molecule has 37 heavy (non-hydrogen) atoms. The standard InChI is InChI=1S/C27H34ClFN5O2P/c1-8-23(35)32-14-18(3)33(15-17(32)2)26-20-13-21(28)24(19-11-9-10-12-22(19)29)30-25(20)34(16-27(4,5)6)37(7,36)31-26/h8-13,17-18H,1,14-16H2,2-7H3/t17-,18+,37?/m1/s1. The predicted molar refractivity (Wildman–Crippen MR) is 149 cm³/mol. The lowest BCUT2D eigenvalue weighted by molar-refractivity contribution is -0.130. The molecule has 0 bridgehead atoms. The Morgan fingerprint density at radius 3 is 2.51 bits per heavy atom. The van der Waals surface area contributed by atoms with Crippen LogP contribution in [0.1, 0.15) is 40.2 Å². The number of benzene rings is 1. The first-order valence-corrected chi connectivity index (χ1v) is 14.8. The van der Waals surface area contributed by atoms with Crippen molar-refractivity contribution in [1.82, 2.24) is 14.8 Å². The highest BCUT2D eigenvalue weighted by Crippen LogP contribution is 2.56. The fraction of sp³-hybridized carbons (Fsp3) is 0.444. The van der Waals surface area contributed by atoms with Gasteiger partial charge in [-0.05, 0) is 43.5 Å². The maximum Gasteiger partial charge on any atom is 0.281 e. The molecule has 1 unspecified atom stereocenters. The summed E-state index contributed by atoms with van der Waals surface area (Å²) in [6, 6.07) is 7.87. The third kappa shape index (κ3) is 5.32. The van der Waals surface area contributed by atoms with Crippen LogP contribution < -0.4 is 4.67 Å². The molecule has 3 atom stereocenters. The summed E-state index contributed by atoms with van der Waals surface area (Å²) in [4.78, 5) is 21.1. The number of rotatable bonds is 3. The molecule has 3 heterocycles. The Morgan fingerprint density at radius 1 is 1.22 bits per heavy atom. The van der Waals surface area contributed by atoms with Gasteiger partial charge in [0.15, 0.2) is 0 Å². The van der Waals surface area contributed by atoms with Gasteiger partial charge in [0.1, 0.15) is 17.5 Å². The molecule has 2 aliphatic heterocycles. The van der Waals surface area contributed by atoms with E-state index < -0.39 is 13.3 Å². The number of hydrogen-bond acceptors (Lipinski definition) is 4. The first kappa shape index (κ1) is 27.3. The van der Waals surface area contributed by atoms with Crippen LogP contribution in [0.4, 0.5) is 10.2 Å². The number of fused-ring (bicyclic) bond motifs is 1. The van der Waals surface area contributed by atoms with E-state index in [1.807, 2.05) is 13.8 Å². The third-order valence-corrected chi connectivity index (χ3v) is 8.71. The van der Waals surface area contributed by atoms with Gasteiger partial charge in [-0.1, -0.05) is 51.1 Å². The first-order chi connectivity index (χ1) is 17.2. The molecular weight excluding hydrogens is 512 g/mol. The van der Waals surface area contributed by atoms with Crippen LogP contribution >= 0.6 is 19.0 Å². The van der Waals surface area contributed by atoms with Crippen molar-refractivity contribution >= 4 is 36.6 Å². The van der Waals surface area contributed by atoms with Crippen molar-refractivity contribution in [2.24, 2.45) is 10.2 Å². The van der Waals surface area contributed by atoms with Crippen molar-refractivity contribution in [3.63, 3.8) is 0 Å². The van der Waals surface area contributed by atoms with Crippen LogP contribution in [0.5, 0.6) is 0 Å². The molecule has 1 fully saturated rings. The van der Waals surface area contributed by atoms with Gasteiger partial charge >= 0.3 is 0 Å². The number of amides is 1. The van der Waals surface area contributed by atoms with Crippen LogP contribution in [-0.4, -0.2) is 64.9 Å². The molecule has 4 rings (SSSR count). The maximum atomic E-state index is 14.8. The summed E-state index contributed by atoms with van der Waals surface area (Å²) in [5.74, 6) is 0.444. The molecule has 10 heteroatoms. The predicted octanol–water partition coefficient (Wildman–Crippen LogP) is 6.08. The molecule has 1 amide bonds. The van der Waals surface area contributed by atoms with Gasteiger partial charge in [0.2, 0.25) is 5.91 Å². The zero-order valence-corrected chi connectivity index (χ0v) is 23.9. The van der Waals surface area contributed by atoms with Crippen LogP contribution in [0.3, 0.4) is 0 Å². The van der Waals surface area contributed by atoms with E-state index >= 15 is 0 Å². The summed E-state index contributed by atoms with van der Waals surface area (Å²) >= 11 is 6.72. The van der Waals surface area contributed by atoms with E-state index in [0.29, 0.717) is 42.5 Å². The molecule has 2 aliphatic rings. The quantitative estimate of drug-likeness (QED) is 0.345.